The van der Waals surface area contributed by atoms with Gasteiger partial charge in [-0.15, -0.1) is 0 Å². The van der Waals surface area contributed by atoms with E-state index >= 15 is 0 Å². The molecule has 2 aromatic rings. The van der Waals surface area contributed by atoms with Crippen molar-refractivity contribution >= 4 is 74.7 Å². The van der Waals surface area contributed by atoms with Crippen molar-refractivity contribution < 1.29 is 4.79 Å². The first kappa shape index (κ1) is 15.7. The minimum atomic E-state index is -0.424. The molecule has 0 aliphatic rings. The summed E-state index contributed by atoms with van der Waals surface area (Å²) < 4.78 is 0.968. The van der Waals surface area contributed by atoms with Crippen molar-refractivity contribution in [1.29, 1.82) is 0 Å². The number of amides is 1. The molecule has 104 valence electrons. The Morgan fingerprint density at radius 2 is 1.80 bits per heavy atom. The maximum absolute atomic E-state index is 12.2. The summed E-state index contributed by atoms with van der Waals surface area (Å²) in [4.78, 5) is 12.2. The molecule has 0 saturated carbocycles. The molecule has 0 atom stereocenters. The maximum atomic E-state index is 12.2. The predicted octanol–water partition coefficient (Wildman–Crippen LogP) is 5.09. The van der Waals surface area contributed by atoms with Gasteiger partial charge in [-0.1, -0.05) is 34.8 Å². The van der Waals surface area contributed by atoms with Crippen LogP contribution >= 0.6 is 57.4 Å². The largest absolute Gasteiger partial charge is 0.399 e. The van der Waals surface area contributed by atoms with Crippen LogP contribution in [0.15, 0.2) is 30.3 Å². The fourth-order valence-electron chi connectivity index (χ4n) is 1.56. The molecule has 0 saturated heterocycles. The highest BCUT2D eigenvalue weighted by Gasteiger charge is 2.15. The standard InChI is InChI=1S/C13H8Cl3IN2O/c14-9-3-6(17)1-2-11(9)19-13(20)8-4-7(18)5-10(15)12(8)16/h1-5H,18H2,(H,19,20). The van der Waals surface area contributed by atoms with Crippen molar-refractivity contribution in [2.24, 2.45) is 0 Å². The van der Waals surface area contributed by atoms with Crippen LogP contribution in [0.5, 0.6) is 0 Å². The number of nitrogen functional groups attached to an aromatic ring is 1. The fourth-order valence-corrected chi connectivity index (χ4v) is 2.88. The molecule has 0 aliphatic heterocycles. The van der Waals surface area contributed by atoms with E-state index in [9.17, 15) is 4.79 Å². The zero-order valence-electron chi connectivity index (χ0n) is 9.88. The van der Waals surface area contributed by atoms with E-state index in [1.165, 1.54) is 12.1 Å². The zero-order valence-corrected chi connectivity index (χ0v) is 14.3. The second kappa shape index (κ2) is 6.39. The van der Waals surface area contributed by atoms with E-state index in [2.05, 4.69) is 27.9 Å². The van der Waals surface area contributed by atoms with Crippen molar-refractivity contribution in [2.45, 2.75) is 0 Å². The van der Waals surface area contributed by atoms with Crippen LogP contribution in [0, 0.1) is 3.57 Å². The lowest BCUT2D eigenvalue weighted by molar-refractivity contribution is 0.102. The summed E-state index contributed by atoms with van der Waals surface area (Å²) >= 11 is 20.1. The number of carbonyl (C=O) groups is 1. The molecular formula is C13H8Cl3IN2O. The molecule has 7 heteroatoms. The molecule has 3 N–H and O–H groups in total. The van der Waals surface area contributed by atoms with Gasteiger partial charge in [-0.25, -0.2) is 0 Å². The monoisotopic (exact) mass is 440 g/mol. The first-order valence-corrected chi connectivity index (χ1v) is 7.60. The predicted molar refractivity (Wildman–Crippen MR) is 93.0 cm³/mol. The van der Waals surface area contributed by atoms with Gasteiger partial charge in [0.05, 0.1) is 26.3 Å². The maximum Gasteiger partial charge on any atom is 0.257 e. The van der Waals surface area contributed by atoms with E-state index in [0.717, 1.165) is 3.57 Å². The molecule has 2 rings (SSSR count). The summed E-state index contributed by atoms with van der Waals surface area (Å²) in [5, 5.41) is 3.50. The van der Waals surface area contributed by atoms with Crippen LogP contribution in [-0.2, 0) is 0 Å². The Labute approximate surface area is 144 Å². The number of nitrogens with two attached hydrogens (primary N) is 1. The third-order valence-corrected chi connectivity index (χ3v) is 4.26. The molecule has 3 nitrogen and oxygen atoms in total. The summed E-state index contributed by atoms with van der Waals surface area (Å²) in [6.45, 7) is 0. The topological polar surface area (TPSA) is 55.1 Å². The normalized spacial score (nSPS) is 10.4. The van der Waals surface area contributed by atoms with Crippen LogP contribution in [-0.4, -0.2) is 5.91 Å². The molecule has 0 spiro atoms. The van der Waals surface area contributed by atoms with Gasteiger partial charge in [-0.3, -0.25) is 4.79 Å². The number of halogens is 4. The Hall–Kier alpha value is -0.690. The minimum absolute atomic E-state index is 0.153. The van der Waals surface area contributed by atoms with Crippen LogP contribution in [0.4, 0.5) is 11.4 Å². The van der Waals surface area contributed by atoms with Crippen molar-refractivity contribution in [3.63, 3.8) is 0 Å². The summed E-state index contributed by atoms with van der Waals surface area (Å²) in [5.74, 6) is -0.424. The van der Waals surface area contributed by atoms with Gasteiger partial charge in [-0.05, 0) is 52.9 Å². The van der Waals surface area contributed by atoms with E-state index < -0.39 is 5.91 Å². The SMILES string of the molecule is Nc1cc(Cl)c(Cl)c(C(=O)Nc2ccc(I)cc2Cl)c1. The summed E-state index contributed by atoms with van der Waals surface area (Å²) in [6, 6.07) is 8.23. The number of hydrogen-bond acceptors (Lipinski definition) is 2. The van der Waals surface area contributed by atoms with Crippen molar-refractivity contribution in [1.82, 2.24) is 0 Å². The quantitative estimate of drug-likeness (QED) is 0.504. The van der Waals surface area contributed by atoms with Crippen molar-refractivity contribution in [3.05, 3.63) is 54.5 Å². The zero-order chi connectivity index (χ0) is 14.9. The Kier molecular flexibility index (Phi) is 5.01. The highest BCUT2D eigenvalue weighted by Crippen LogP contribution is 2.30. The number of carbonyl (C=O) groups excluding carboxylic acids is 1. The molecule has 1 amide bonds. The second-order valence-corrected chi connectivity index (χ2v) is 6.38. The molecule has 0 fully saturated rings. The third-order valence-electron chi connectivity index (χ3n) is 2.47. The smallest absolute Gasteiger partial charge is 0.257 e. The molecule has 0 heterocycles. The van der Waals surface area contributed by atoms with E-state index in [4.69, 9.17) is 40.5 Å². The van der Waals surface area contributed by atoms with Gasteiger partial charge in [0.15, 0.2) is 0 Å². The Balaban J connectivity index is 2.33. The van der Waals surface area contributed by atoms with Crippen LogP contribution in [0.3, 0.4) is 0 Å². The van der Waals surface area contributed by atoms with E-state index in [-0.39, 0.29) is 15.6 Å². The average molecular weight is 441 g/mol. The fraction of sp³-hybridized carbons (Fsp3) is 0. The van der Waals surface area contributed by atoms with Gasteiger partial charge in [-0.2, -0.15) is 0 Å². The molecular weight excluding hydrogens is 433 g/mol. The first-order chi connectivity index (χ1) is 9.38. The number of benzene rings is 2. The average Bonchev–Trinajstić information content (AvgIpc) is 2.37. The summed E-state index contributed by atoms with van der Waals surface area (Å²) in [5.41, 5.74) is 6.71. The highest BCUT2D eigenvalue weighted by atomic mass is 127. The van der Waals surface area contributed by atoms with Crippen LogP contribution in [0.2, 0.25) is 15.1 Å². The molecule has 0 radical (unpaired) electrons. The van der Waals surface area contributed by atoms with E-state index in [1.807, 2.05) is 6.07 Å². The molecule has 0 bridgehead atoms. The second-order valence-electron chi connectivity index (χ2n) is 3.94. The van der Waals surface area contributed by atoms with Gasteiger partial charge in [0, 0.05) is 9.26 Å². The summed E-state index contributed by atoms with van der Waals surface area (Å²) in [7, 11) is 0. The van der Waals surface area contributed by atoms with Gasteiger partial charge >= 0.3 is 0 Å². The van der Waals surface area contributed by atoms with Crippen molar-refractivity contribution in [3.8, 4) is 0 Å². The Morgan fingerprint density at radius 1 is 1.10 bits per heavy atom. The number of nitrogens with one attached hydrogen (secondary N) is 1. The Morgan fingerprint density at radius 3 is 2.45 bits per heavy atom. The molecule has 0 unspecified atom stereocenters. The van der Waals surface area contributed by atoms with Gasteiger partial charge in [0.1, 0.15) is 0 Å². The summed E-state index contributed by atoms with van der Waals surface area (Å²) in [6.07, 6.45) is 0. The van der Waals surface area contributed by atoms with Crippen LogP contribution < -0.4 is 11.1 Å². The molecule has 0 aliphatic carbocycles. The van der Waals surface area contributed by atoms with Gasteiger partial charge in [0.2, 0.25) is 0 Å². The number of rotatable bonds is 2. The van der Waals surface area contributed by atoms with Crippen LogP contribution in [0.1, 0.15) is 10.4 Å². The number of hydrogen-bond donors (Lipinski definition) is 2. The molecule has 0 aromatic heterocycles. The molecule has 20 heavy (non-hydrogen) atoms. The lowest BCUT2D eigenvalue weighted by Crippen LogP contribution is -2.13. The molecule has 2 aromatic carbocycles. The third kappa shape index (κ3) is 3.49. The lowest BCUT2D eigenvalue weighted by Gasteiger charge is -2.10. The number of anilines is 2. The van der Waals surface area contributed by atoms with E-state index in [1.54, 1.807) is 12.1 Å². The first-order valence-electron chi connectivity index (χ1n) is 5.39. The minimum Gasteiger partial charge on any atom is -0.399 e. The Bertz CT molecular complexity index is 692. The van der Waals surface area contributed by atoms with Gasteiger partial charge < -0.3 is 11.1 Å². The van der Waals surface area contributed by atoms with Gasteiger partial charge in [0.25, 0.3) is 5.91 Å². The van der Waals surface area contributed by atoms with Crippen molar-refractivity contribution in [2.75, 3.05) is 11.1 Å². The highest BCUT2D eigenvalue weighted by molar-refractivity contribution is 14.1. The van der Waals surface area contributed by atoms with E-state index in [0.29, 0.717) is 16.4 Å². The lowest BCUT2D eigenvalue weighted by atomic mass is 10.2. The van der Waals surface area contributed by atoms with Crippen LogP contribution in [0.25, 0.3) is 0 Å².